The van der Waals surface area contributed by atoms with Gasteiger partial charge in [0, 0.05) is 39.9 Å². The van der Waals surface area contributed by atoms with Gasteiger partial charge in [0.2, 0.25) is 0 Å². The SMILES string of the molecule is c1ccc(-c2nc(-c3cccc(-c4cccnc4)c3)nc3c2ccc2oc4ccc5ccccc5c4c23)cc1. The molecule has 182 valence electrons. The molecule has 0 spiro atoms. The van der Waals surface area contributed by atoms with Crippen LogP contribution in [0.2, 0.25) is 0 Å². The molecule has 0 atom stereocenters. The van der Waals surface area contributed by atoms with E-state index in [0.29, 0.717) is 5.82 Å². The van der Waals surface area contributed by atoms with Gasteiger partial charge in [-0.2, -0.15) is 0 Å². The Bertz CT molecular complexity index is 2170. The first kappa shape index (κ1) is 21.7. The van der Waals surface area contributed by atoms with Crippen molar-refractivity contribution in [3.8, 4) is 33.8 Å². The fourth-order valence-electron chi connectivity index (χ4n) is 5.53. The van der Waals surface area contributed by atoms with Crippen LogP contribution in [-0.2, 0) is 0 Å². The van der Waals surface area contributed by atoms with Gasteiger partial charge in [-0.3, -0.25) is 4.98 Å². The van der Waals surface area contributed by atoms with E-state index in [1.54, 1.807) is 6.20 Å². The van der Waals surface area contributed by atoms with E-state index in [2.05, 4.69) is 89.9 Å². The number of rotatable bonds is 3. The third-order valence-electron chi connectivity index (χ3n) is 7.35. The van der Waals surface area contributed by atoms with Crippen LogP contribution in [0.1, 0.15) is 0 Å². The van der Waals surface area contributed by atoms with E-state index < -0.39 is 0 Å². The summed E-state index contributed by atoms with van der Waals surface area (Å²) in [6.07, 6.45) is 3.66. The molecule has 3 heterocycles. The molecule has 0 amide bonds. The lowest BCUT2D eigenvalue weighted by Gasteiger charge is -2.11. The number of aromatic nitrogens is 3. The topological polar surface area (TPSA) is 51.8 Å². The monoisotopic (exact) mass is 499 g/mol. The predicted molar refractivity (Wildman–Crippen MR) is 158 cm³/mol. The van der Waals surface area contributed by atoms with Crippen molar-refractivity contribution in [1.82, 2.24) is 15.0 Å². The Labute approximate surface area is 224 Å². The Morgan fingerprint density at radius 2 is 1.28 bits per heavy atom. The lowest BCUT2D eigenvalue weighted by molar-refractivity contribution is 0.669. The maximum Gasteiger partial charge on any atom is 0.160 e. The van der Waals surface area contributed by atoms with E-state index in [4.69, 9.17) is 14.4 Å². The van der Waals surface area contributed by atoms with Crippen LogP contribution in [0.25, 0.3) is 77.4 Å². The summed E-state index contributed by atoms with van der Waals surface area (Å²) in [5.41, 5.74) is 7.59. The van der Waals surface area contributed by atoms with E-state index in [0.717, 1.165) is 66.2 Å². The number of pyridine rings is 1. The maximum absolute atomic E-state index is 6.37. The second-order valence-corrected chi connectivity index (χ2v) is 9.68. The normalized spacial score (nSPS) is 11.6. The third-order valence-corrected chi connectivity index (χ3v) is 7.35. The molecule has 0 aliphatic rings. The lowest BCUT2D eigenvalue weighted by Crippen LogP contribution is -1.96. The number of benzene rings is 5. The van der Waals surface area contributed by atoms with Crippen LogP contribution in [0.3, 0.4) is 0 Å². The van der Waals surface area contributed by atoms with Crippen molar-refractivity contribution in [3.05, 3.63) is 128 Å². The molecule has 0 unspecified atom stereocenters. The highest BCUT2D eigenvalue weighted by molar-refractivity contribution is 6.26. The van der Waals surface area contributed by atoms with E-state index in [-0.39, 0.29) is 0 Å². The van der Waals surface area contributed by atoms with Crippen LogP contribution in [0, 0.1) is 0 Å². The Morgan fingerprint density at radius 1 is 0.513 bits per heavy atom. The second-order valence-electron chi connectivity index (χ2n) is 9.68. The molecule has 3 aromatic heterocycles. The van der Waals surface area contributed by atoms with Crippen molar-refractivity contribution >= 4 is 43.6 Å². The summed E-state index contributed by atoms with van der Waals surface area (Å²) >= 11 is 0. The number of nitrogens with zero attached hydrogens (tertiary/aromatic N) is 3. The summed E-state index contributed by atoms with van der Waals surface area (Å²) in [6, 6.07) is 39.4. The number of hydrogen-bond acceptors (Lipinski definition) is 4. The maximum atomic E-state index is 6.37. The molecule has 0 aliphatic heterocycles. The molecule has 4 nitrogen and oxygen atoms in total. The molecule has 0 radical (unpaired) electrons. The second kappa shape index (κ2) is 8.61. The molecule has 39 heavy (non-hydrogen) atoms. The first-order chi connectivity index (χ1) is 19.3. The zero-order valence-corrected chi connectivity index (χ0v) is 20.9. The van der Waals surface area contributed by atoms with E-state index >= 15 is 0 Å². The Kier molecular flexibility index (Phi) is 4.79. The molecule has 0 aliphatic carbocycles. The quantitative estimate of drug-likeness (QED) is 0.243. The van der Waals surface area contributed by atoms with Crippen molar-refractivity contribution in [2.45, 2.75) is 0 Å². The van der Waals surface area contributed by atoms with Crippen LogP contribution < -0.4 is 0 Å². The molecular formula is C35H21N3O. The molecule has 8 aromatic rings. The summed E-state index contributed by atoms with van der Waals surface area (Å²) in [7, 11) is 0. The minimum Gasteiger partial charge on any atom is -0.456 e. The predicted octanol–water partition coefficient (Wildman–Crippen LogP) is 9.08. The van der Waals surface area contributed by atoms with Crippen LogP contribution in [-0.4, -0.2) is 15.0 Å². The summed E-state index contributed by atoms with van der Waals surface area (Å²) in [6.45, 7) is 0. The average molecular weight is 500 g/mol. The van der Waals surface area contributed by atoms with Crippen molar-refractivity contribution in [3.63, 3.8) is 0 Å². The standard InChI is InChI=1S/C35H21N3O/c1-2-9-23(10-3-1)33-28-16-18-30-32(31-27-14-5-4-8-22(27)15-17-29(31)39-30)34(28)38-35(37-33)25-12-6-11-24(20-25)26-13-7-19-36-21-26/h1-21H. The van der Waals surface area contributed by atoms with Gasteiger partial charge in [-0.05, 0) is 46.7 Å². The molecule has 5 aromatic carbocycles. The van der Waals surface area contributed by atoms with Crippen molar-refractivity contribution < 1.29 is 4.42 Å². The third kappa shape index (κ3) is 3.50. The summed E-state index contributed by atoms with van der Waals surface area (Å²) < 4.78 is 6.37. The van der Waals surface area contributed by atoms with E-state index in [9.17, 15) is 0 Å². The van der Waals surface area contributed by atoms with Crippen molar-refractivity contribution in [2.24, 2.45) is 0 Å². The smallest absolute Gasteiger partial charge is 0.160 e. The molecule has 0 bridgehead atoms. The molecule has 0 saturated carbocycles. The Balaban J connectivity index is 1.49. The van der Waals surface area contributed by atoms with Gasteiger partial charge in [-0.25, -0.2) is 9.97 Å². The van der Waals surface area contributed by atoms with Gasteiger partial charge in [-0.1, -0.05) is 84.9 Å². The summed E-state index contributed by atoms with van der Waals surface area (Å²) in [4.78, 5) is 14.7. The fourth-order valence-corrected chi connectivity index (χ4v) is 5.53. The molecular weight excluding hydrogens is 478 g/mol. The summed E-state index contributed by atoms with van der Waals surface area (Å²) in [5, 5.41) is 5.43. The van der Waals surface area contributed by atoms with Gasteiger partial charge in [0.05, 0.1) is 16.6 Å². The van der Waals surface area contributed by atoms with Gasteiger partial charge in [-0.15, -0.1) is 0 Å². The zero-order valence-electron chi connectivity index (χ0n) is 20.9. The number of furan rings is 1. The van der Waals surface area contributed by atoms with Crippen LogP contribution >= 0.6 is 0 Å². The molecule has 0 fully saturated rings. The van der Waals surface area contributed by atoms with Gasteiger partial charge in [0.15, 0.2) is 5.82 Å². The average Bonchev–Trinajstić information content (AvgIpc) is 3.41. The highest BCUT2D eigenvalue weighted by atomic mass is 16.3. The molecule has 4 heteroatoms. The molecule has 0 saturated heterocycles. The van der Waals surface area contributed by atoms with Crippen LogP contribution in [0.4, 0.5) is 0 Å². The number of fused-ring (bicyclic) bond motifs is 7. The minimum absolute atomic E-state index is 0.675. The first-order valence-corrected chi connectivity index (χ1v) is 12.9. The lowest BCUT2D eigenvalue weighted by atomic mass is 9.99. The van der Waals surface area contributed by atoms with Gasteiger partial charge >= 0.3 is 0 Å². The van der Waals surface area contributed by atoms with Crippen LogP contribution in [0.15, 0.2) is 132 Å². The van der Waals surface area contributed by atoms with Crippen molar-refractivity contribution in [1.29, 1.82) is 0 Å². The zero-order chi connectivity index (χ0) is 25.8. The highest BCUT2D eigenvalue weighted by Gasteiger charge is 2.19. The van der Waals surface area contributed by atoms with Crippen molar-refractivity contribution in [2.75, 3.05) is 0 Å². The molecule has 0 N–H and O–H groups in total. The van der Waals surface area contributed by atoms with Gasteiger partial charge < -0.3 is 4.42 Å². The minimum atomic E-state index is 0.675. The number of hydrogen-bond donors (Lipinski definition) is 0. The fraction of sp³-hybridized carbons (Fsp3) is 0. The Hall–Kier alpha value is -5.35. The van der Waals surface area contributed by atoms with E-state index in [1.807, 2.05) is 36.5 Å². The Morgan fingerprint density at radius 3 is 2.18 bits per heavy atom. The van der Waals surface area contributed by atoms with Gasteiger partial charge in [0.1, 0.15) is 11.2 Å². The van der Waals surface area contributed by atoms with E-state index in [1.165, 1.54) is 5.39 Å². The largest absolute Gasteiger partial charge is 0.456 e. The van der Waals surface area contributed by atoms with Gasteiger partial charge in [0.25, 0.3) is 0 Å². The molecule has 8 rings (SSSR count). The highest BCUT2D eigenvalue weighted by Crippen LogP contribution is 2.40. The summed E-state index contributed by atoms with van der Waals surface area (Å²) in [5.74, 6) is 0.675. The van der Waals surface area contributed by atoms with Crippen LogP contribution in [0.5, 0.6) is 0 Å². The first-order valence-electron chi connectivity index (χ1n) is 12.9.